The van der Waals surface area contributed by atoms with Gasteiger partial charge in [-0.1, -0.05) is 68.4 Å². The van der Waals surface area contributed by atoms with Crippen LogP contribution in [0.2, 0.25) is 0 Å². The third kappa shape index (κ3) is 4.06. The van der Waals surface area contributed by atoms with Crippen molar-refractivity contribution in [3.05, 3.63) is 71.8 Å². The molecule has 39 heavy (non-hydrogen) atoms. The minimum atomic E-state index is -0.363. The van der Waals surface area contributed by atoms with E-state index in [9.17, 15) is 0 Å². The van der Waals surface area contributed by atoms with Gasteiger partial charge in [-0.25, -0.2) is 0 Å². The third-order valence-electron chi connectivity index (χ3n) is 9.99. The molecule has 0 saturated carbocycles. The third-order valence-corrected chi connectivity index (χ3v) is 9.99. The Morgan fingerprint density at radius 3 is 1.33 bits per heavy atom. The Morgan fingerprint density at radius 1 is 0.436 bits per heavy atom. The van der Waals surface area contributed by atoms with E-state index in [0.717, 1.165) is 10.9 Å². The monoisotopic (exact) mass is 522 g/mol. The standard InChI is InChI=1S/C33H40B2O4/c1-29(2)27-19-22(21-11-14-23(15-12-21)34-36-30(3,4)31(5,6)37-34)13-17-25(27)26-18-16-24(20-28(26)29)35-38-32(7,8)33(9,10)39-35/h11-20H,1-10H3. The van der Waals surface area contributed by atoms with Crippen LogP contribution in [-0.2, 0) is 24.0 Å². The van der Waals surface area contributed by atoms with Gasteiger partial charge in [0.15, 0.2) is 0 Å². The highest BCUT2D eigenvalue weighted by Gasteiger charge is 2.53. The molecular weight excluding hydrogens is 482 g/mol. The summed E-state index contributed by atoms with van der Waals surface area (Å²) < 4.78 is 25.2. The predicted molar refractivity (Wildman–Crippen MR) is 161 cm³/mol. The molecule has 3 aromatic carbocycles. The van der Waals surface area contributed by atoms with Crippen molar-refractivity contribution in [2.24, 2.45) is 0 Å². The topological polar surface area (TPSA) is 36.9 Å². The Bertz CT molecular complexity index is 1420. The molecule has 0 amide bonds. The van der Waals surface area contributed by atoms with E-state index >= 15 is 0 Å². The molecule has 0 aromatic heterocycles. The second kappa shape index (κ2) is 8.33. The molecule has 2 fully saturated rings. The zero-order chi connectivity index (χ0) is 28.2. The Hall–Kier alpha value is -2.37. The molecule has 2 aliphatic heterocycles. The molecule has 3 aromatic rings. The summed E-state index contributed by atoms with van der Waals surface area (Å²) in [6.07, 6.45) is 0. The highest BCUT2D eigenvalue weighted by atomic mass is 16.7. The van der Waals surface area contributed by atoms with Crippen molar-refractivity contribution in [2.45, 2.75) is 97.1 Å². The van der Waals surface area contributed by atoms with Crippen molar-refractivity contribution in [1.82, 2.24) is 0 Å². The van der Waals surface area contributed by atoms with E-state index in [1.807, 2.05) is 0 Å². The molecule has 0 spiro atoms. The van der Waals surface area contributed by atoms with Crippen molar-refractivity contribution in [1.29, 1.82) is 0 Å². The minimum absolute atomic E-state index is 0.136. The summed E-state index contributed by atoms with van der Waals surface area (Å²) in [5.74, 6) is 0. The summed E-state index contributed by atoms with van der Waals surface area (Å²) in [6.45, 7) is 21.4. The van der Waals surface area contributed by atoms with Crippen molar-refractivity contribution < 1.29 is 18.6 Å². The zero-order valence-corrected chi connectivity index (χ0v) is 25.1. The van der Waals surface area contributed by atoms with Gasteiger partial charge < -0.3 is 18.6 Å². The lowest BCUT2D eigenvalue weighted by Gasteiger charge is -2.32. The van der Waals surface area contributed by atoms with Crippen molar-refractivity contribution in [3.63, 3.8) is 0 Å². The summed E-state index contributed by atoms with van der Waals surface area (Å²) in [5.41, 5.74) is 8.21. The van der Waals surface area contributed by atoms with Gasteiger partial charge in [0, 0.05) is 5.41 Å². The first-order valence-electron chi connectivity index (χ1n) is 14.1. The Kier molecular flexibility index (Phi) is 5.73. The maximum atomic E-state index is 6.36. The van der Waals surface area contributed by atoms with E-state index in [4.69, 9.17) is 18.6 Å². The second-order valence-corrected chi connectivity index (χ2v) is 14.0. The van der Waals surface area contributed by atoms with Crippen LogP contribution in [-0.4, -0.2) is 36.6 Å². The summed E-state index contributed by atoms with van der Waals surface area (Å²) in [6, 6.07) is 22.1. The molecule has 0 bridgehead atoms. The van der Waals surface area contributed by atoms with E-state index in [-0.39, 0.29) is 42.1 Å². The first kappa shape index (κ1) is 26.8. The van der Waals surface area contributed by atoms with Crippen molar-refractivity contribution in [2.75, 3.05) is 0 Å². The van der Waals surface area contributed by atoms with Crippen LogP contribution in [0.4, 0.5) is 0 Å². The molecular formula is C33H40B2O4. The first-order chi connectivity index (χ1) is 18.0. The predicted octanol–water partition coefficient (Wildman–Crippen LogP) is 6.26. The minimum Gasteiger partial charge on any atom is -0.399 e. The van der Waals surface area contributed by atoms with Gasteiger partial charge in [-0.15, -0.1) is 0 Å². The van der Waals surface area contributed by atoms with Crippen LogP contribution >= 0.6 is 0 Å². The summed E-state index contributed by atoms with van der Waals surface area (Å²) in [7, 11) is -0.714. The van der Waals surface area contributed by atoms with E-state index < -0.39 is 0 Å². The van der Waals surface area contributed by atoms with E-state index in [0.29, 0.717) is 0 Å². The quantitative estimate of drug-likeness (QED) is 0.381. The molecule has 6 heteroatoms. The fourth-order valence-electron chi connectivity index (χ4n) is 5.87. The van der Waals surface area contributed by atoms with Gasteiger partial charge in [0.1, 0.15) is 0 Å². The summed E-state index contributed by atoms with van der Waals surface area (Å²) in [5, 5.41) is 0. The van der Waals surface area contributed by atoms with Crippen LogP contribution in [0.25, 0.3) is 22.3 Å². The zero-order valence-electron chi connectivity index (χ0n) is 25.1. The number of benzene rings is 3. The largest absolute Gasteiger partial charge is 0.494 e. The molecule has 2 saturated heterocycles. The Labute approximate surface area is 234 Å². The Morgan fingerprint density at radius 2 is 0.821 bits per heavy atom. The maximum absolute atomic E-state index is 6.36. The lowest BCUT2D eigenvalue weighted by molar-refractivity contribution is 0.00578. The molecule has 3 aliphatic rings. The van der Waals surface area contributed by atoms with Crippen LogP contribution in [0, 0.1) is 0 Å². The van der Waals surface area contributed by atoms with E-state index in [1.165, 1.54) is 33.4 Å². The molecule has 6 rings (SSSR count). The lowest BCUT2D eigenvalue weighted by Crippen LogP contribution is -2.41. The molecule has 0 unspecified atom stereocenters. The summed E-state index contributed by atoms with van der Waals surface area (Å²) in [4.78, 5) is 0. The number of hydrogen-bond donors (Lipinski definition) is 0. The SMILES string of the molecule is CC1(C)c2cc(B3OC(C)(C)C(C)(C)O3)ccc2-c2ccc(-c3ccc(B4OC(C)(C)C(C)(C)O4)cc3)cc21. The van der Waals surface area contributed by atoms with Gasteiger partial charge in [0.2, 0.25) is 0 Å². The van der Waals surface area contributed by atoms with Gasteiger partial charge in [0.05, 0.1) is 22.4 Å². The second-order valence-electron chi connectivity index (χ2n) is 14.0. The molecule has 0 radical (unpaired) electrons. The molecule has 202 valence electrons. The normalized spacial score (nSPS) is 23.1. The summed E-state index contributed by atoms with van der Waals surface area (Å²) >= 11 is 0. The lowest BCUT2D eigenvalue weighted by atomic mass is 9.74. The average Bonchev–Trinajstić information content (AvgIpc) is 3.32. The van der Waals surface area contributed by atoms with Crippen LogP contribution in [0.5, 0.6) is 0 Å². The highest BCUT2D eigenvalue weighted by Crippen LogP contribution is 2.49. The van der Waals surface area contributed by atoms with Gasteiger partial charge in [-0.2, -0.15) is 0 Å². The fraction of sp³-hybridized carbons (Fsp3) is 0.455. The maximum Gasteiger partial charge on any atom is 0.494 e. The molecule has 1 aliphatic carbocycles. The van der Waals surface area contributed by atoms with Crippen LogP contribution in [0.1, 0.15) is 80.4 Å². The van der Waals surface area contributed by atoms with Crippen LogP contribution in [0.15, 0.2) is 60.7 Å². The number of fused-ring (bicyclic) bond motifs is 3. The van der Waals surface area contributed by atoms with Gasteiger partial charge in [-0.05, 0) is 106 Å². The molecule has 4 nitrogen and oxygen atoms in total. The van der Waals surface area contributed by atoms with Gasteiger partial charge >= 0.3 is 14.2 Å². The molecule has 2 heterocycles. The van der Waals surface area contributed by atoms with Crippen LogP contribution < -0.4 is 10.9 Å². The van der Waals surface area contributed by atoms with Gasteiger partial charge in [0.25, 0.3) is 0 Å². The van der Waals surface area contributed by atoms with E-state index in [2.05, 4.69) is 130 Å². The smallest absolute Gasteiger partial charge is 0.399 e. The van der Waals surface area contributed by atoms with Gasteiger partial charge in [-0.3, -0.25) is 0 Å². The average molecular weight is 522 g/mol. The Balaban J connectivity index is 1.28. The highest BCUT2D eigenvalue weighted by molar-refractivity contribution is 6.62. The number of hydrogen-bond acceptors (Lipinski definition) is 4. The molecule has 0 N–H and O–H groups in total. The number of rotatable bonds is 3. The van der Waals surface area contributed by atoms with Crippen LogP contribution in [0.3, 0.4) is 0 Å². The first-order valence-corrected chi connectivity index (χ1v) is 14.1. The fourth-order valence-corrected chi connectivity index (χ4v) is 5.87. The van der Waals surface area contributed by atoms with E-state index in [1.54, 1.807) is 0 Å². The van der Waals surface area contributed by atoms with Crippen molar-refractivity contribution in [3.8, 4) is 22.3 Å². The van der Waals surface area contributed by atoms with Crippen molar-refractivity contribution >= 4 is 25.2 Å². The molecule has 0 atom stereocenters.